The highest BCUT2D eigenvalue weighted by atomic mass is 32.1. The van der Waals surface area contributed by atoms with Crippen LogP contribution >= 0.6 is 11.3 Å². The van der Waals surface area contributed by atoms with Crippen molar-refractivity contribution in [3.05, 3.63) is 10.4 Å². The lowest BCUT2D eigenvalue weighted by molar-refractivity contribution is -0.135. The Balaban J connectivity index is 2.59. The Labute approximate surface area is 118 Å². The van der Waals surface area contributed by atoms with E-state index in [-0.39, 0.29) is 23.5 Å². The van der Waals surface area contributed by atoms with E-state index in [1.165, 1.54) is 6.92 Å². The maximum Gasteiger partial charge on any atom is 0.389 e. The number of ketones is 1. The molecule has 0 atom stereocenters. The molecule has 110 valence electrons. The van der Waals surface area contributed by atoms with Gasteiger partial charge >= 0.3 is 6.18 Å². The quantitative estimate of drug-likeness (QED) is 0.622. The van der Waals surface area contributed by atoms with Crippen LogP contribution in [-0.2, 0) is 0 Å². The minimum Gasteiger partial charge on any atom is -0.396 e. The minimum absolute atomic E-state index is 0.0127. The lowest BCUT2D eigenvalue weighted by Crippen LogP contribution is -2.08. The highest BCUT2D eigenvalue weighted by Gasteiger charge is 2.25. The van der Waals surface area contributed by atoms with E-state index in [4.69, 9.17) is 11.0 Å². The van der Waals surface area contributed by atoms with Gasteiger partial charge in [0.15, 0.2) is 5.78 Å². The molecule has 1 aromatic heterocycles. The summed E-state index contributed by atoms with van der Waals surface area (Å²) in [6.45, 7) is 1.64. The van der Waals surface area contributed by atoms with E-state index in [2.05, 4.69) is 5.32 Å². The summed E-state index contributed by atoms with van der Waals surface area (Å²) in [5, 5.41) is 12.3. The Bertz CT molecular complexity index is 531. The third-order valence-corrected chi connectivity index (χ3v) is 3.81. The van der Waals surface area contributed by atoms with Gasteiger partial charge in [0.25, 0.3) is 0 Å². The summed E-state index contributed by atoms with van der Waals surface area (Å²) in [6, 6.07) is 1.89. The molecule has 0 amide bonds. The zero-order valence-corrected chi connectivity index (χ0v) is 11.6. The Hall–Kier alpha value is -1.75. The normalized spacial score (nSPS) is 11.2. The van der Waals surface area contributed by atoms with Gasteiger partial charge in [-0.15, -0.1) is 11.3 Å². The topological polar surface area (TPSA) is 78.9 Å². The first kappa shape index (κ1) is 16.3. The number of nitriles is 1. The third kappa shape index (κ3) is 4.42. The fourth-order valence-electron chi connectivity index (χ4n) is 1.59. The van der Waals surface area contributed by atoms with Gasteiger partial charge in [-0.3, -0.25) is 4.79 Å². The largest absolute Gasteiger partial charge is 0.396 e. The van der Waals surface area contributed by atoms with Gasteiger partial charge in [0.05, 0.1) is 10.6 Å². The number of nitrogens with zero attached hydrogens (tertiary/aromatic N) is 1. The standard InChI is InChI=1S/C12H14F3N3OS/c1-7(19)10-9(17)8(6-16)11(20-10)18-5-3-2-4-12(13,14)15/h18H,2-5,17H2,1H3. The number of thiophene rings is 1. The zero-order chi connectivity index (χ0) is 15.3. The van der Waals surface area contributed by atoms with E-state index in [0.717, 1.165) is 11.3 Å². The molecule has 1 heterocycles. The number of carbonyl (C=O) groups excluding carboxylic acids is 1. The van der Waals surface area contributed by atoms with Crippen LogP contribution in [0, 0.1) is 11.3 Å². The van der Waals surface area contributed by atoms with Gasteiger partial charge in [-0.1, -0.05) is 0 Å². The van der Waals surface area contributed by atoms with Crippen molar-refractivity contribution in [1.29, 1.82) is 5.26 Å². The molecule has 3 N–H and O–H groups in total. The lowest BCUT2D eigenvalue weighted by Gasteiger charge is -2.06. The van der Waals surface area contributed by atoms with E-state index in [9.17, 15) is 18.0 Å². The first-order valence-corrected chi connectivity index (χ1v) is 6.72. The van der Waals surface area contributed by atoms with Gasteiger partial charge in [-0.05, 0) is 12.8 Å². The van der Waals surface area contributed by atoms with Crippen LogP contribution in [0.5, 0.6) is 0 Å². The molecule has 20 heavy (non-hydrogen) atoms. The molecule has 0 spiro atoms. The molecule has 4 nitrogen and oxygen atoms in total. The average Bonchev–Trinajstić information content (AvgIpc) is 2.64. The van der Waals surface area contributed by atoms with E-state index in [1.807, 2.05) is 6.07 Å². The monoisotopic (exact) mass is 305 g/mol. The van der Waals surface area contributed by atoms with E-state index in [1.54, 1.807) is 0 Å². The third-order valence-electron chi connectivity index (χ3n) is 2.55. The van der Waals surface area contributed by atoms with Gasteiger partial charge in [-0.2, -0.15) is 18.4 Å². The molecule has 0 saturated carbocycles. The summed E-state index contributed by atoms with van der Waals surface area (Å²) < 4.78 is 35.9. The number of carbonyl (C=O) groups is 1. The highest BCUT2D eigenvalue weighted by molar-refractivity contribution is 7.18. The van der Waals surface area contributed by atoms with E-state index >= 15 is 0 Å². The van der Waals surface area contributed by atoms with E-state index < -0.39 is 12.6 Å². The number of Topliss-reactive ketones (excluding diaryl/α,β-unsaturated/α-hetero) is 1. The highest BCUT2D eigenvalue weighted by Crippen LogP contribution is 2.35. The maximum atomic E-state index is 12.0. The van der Waals surface area contributed by atoms with Crippen LogP contribution in [0.15, 0.2) is 0 Å². The van der Waals surface area contributed by atoms with Crippen molar-refractivity contribution >= 4 is 27.8 Å². The van der Waals surface area contributed by atoms with Gasteiger partial charge in [0, 0.05) is 19.9 Å². The molecule has 0 aliphatic heterocycles. The first-order valence-electron chi connectivity index (χ1n) is 5.90. The smallest absolute Gasteiger partial charge is 0.389 e. The second-order valence-electron chi connectivity index (χ2n) is 4.22. The van der Waals surface area contributed by atoms with Crippen LogP contribution in [0.4, 0.5) is 23.9 Å². The average molecular weight is 305 g/mol. The van der Waals surface area contributed by atoms with Crippen molar-refractivity contribution in [1.82, 2.24) is 0 Å². The van der Waals surface area contributed by atoms with Gasteiger partial charge in [-0.25, -0.2) is 0 Å². The van der Waals surface area contributed by atoms with Crippen LogP contribution in [0.3, 0.4) is 0 Å². The van der Waals surface area contributed by atoms with Crippen molar-refractivity contribution < 1.29 is 18.0 Å². The number of halogens is 3. The number of unbranched alkanes of at least 4 members (excludes halogenated alkanes) is 1. The number of hydrogen-bond acceptors (Lipinski definition) is 5. The molecule has 8 heteroatoms. The number of nitrogens with one attached hydrogen (secondary N) is 1. The van der Waals surface area contributed by atoms with E-state index in [0.29, 0.717) is 22.8 Å². The molecule has 0 bridgehead atoms. The number of nitrogen functional groups attached to an aromatic ring is 1. The molecule has 0 saturated heterocycles. The molecule has 0 fully saturated rings. The van der Waals surface area contributed by atoms with Crippen LogP contribution < -0.4 is 11.1 Å². The summed E-state index contributed by atoms with van der Waals surface area (Å²) >= 11 is 1.05. The molecule has 0 radical (unpaired) electrons. The zero-order valence-electron chi connectivity index (χ0n) is 10.8. The molecule has 0 unspecified atom stereocenters. The SMILES string of the molecule is CC(=O)c1sc(NCCCCC(F)(F)F)c(C#N)c1N. The number of rotatable bonds is 6. The van der Waals surface area contributed by atoms with Crippen molar-refractivity contribution in [3.63, 3.8) is 0 Å². The van der Waals surface area contributed by atoms with Crippen LogP contribution in [-0.4, -0.2) is 18.5 Å². The van der Waals surface area contributed by atoms with Gasteiger partial charge in [0.2, 0.25) is 0 Å². The molecule has 0 aliphatic rings. The summed E-state index contributed by atoms with van der Waals surface area (Å²) in [4.78, 5) is 11.6. The second kappa shape index (κ2) is 6.61. The van der Waals surface area contributed by atoms with Crippen molar-refractivity contribution in [2.24, 2.45) is 0 Å². The minimum atomic E-state index is -4.15. The fraction of sp³-hybridized carbons (Fsp3) is 0.500. The van der Waals surface area contributed by atoms with Crippen molar-refractivity contribution in [2.45, 2.75) is 32.4 Å². The number of alkyl halides is 3. The second-order valence-corrected chi connectivity index (χ2v) is 5.24. The van der Waals surface area contributed by atoms with Gasteiger partial charge < -0.3 is 11.1 Å². The molecule has 1 aromatic rings. The Morgan fingerprint density at radius 3 is 2.60 bits per heavy atom. The van der Waals surface area contributed by atoms with Crippen LogP contribution in [0.25, 0.3) is 0 Å². The van der Waals surface area contributed by atoms with Crippen LogP contribution in [0.2, 0.25) is 0 Å². The fourth-order valence-corrected chi connectivity index (χ4v) is 2.59. The summed E-state index contributed by atoms with van der Waals surface area (Å²) in [6.07, 6.45) is -4.64. The first-order chi connectivity index (χ1) is 9.26. The number of nitrogens with two attached hydrogens (primary N) is 1. The number of hydrogen-bond donors (Lipinski definition) is 2. The molecule has 1 rings (SSSR count). The van der Waals surface area contributed by atoms with Crippen LogP contribution in [0.1, 0.15) is 41.4 Å². The molecular weight excluding hydrogens is 291 g/mol. The summed E-state index contributed by atoms with van der Waals surface area (Å²) in [5.74, 6) is -0.242. The Morgan fingerprint density at radius 1 is 1.45 bits per heavy atom. The Kier molecular flexibility index (Phi) is 5.39. The van der Waals surface area contributed by atoms with Crippen molar-refractivity contribution in [2.75, 3.05) is 17.6 Å². The lowest BCUT2D eigenvalue weighted by atomic mass is 10.2. The maximum absolute atomic E-state index is 12.0. The van der Waals surface area contributed by atoms with Crippen molar-refractivity contribution in [3.8, 4) is 6.07 Å². The number of anilines is 2. The predicted octanol–water partition coefficient (Wildman–Crippen LogP) is 3.55. The summed E-state index contributed by atoms with van der Waals surface area (Å²) in [5.41, 5.74) is 5.99. The predicted molar refractivity (Wildman–Crippen MR) is 71.8 cm³/mol. The molecular formula is C12H14F3N3OS. The Morgan fingerprint density at radius 2 is 2.10 bits per heavy atom. The summed E-state index contributed by atoms with van der Waals surface area (Å²) in [7, 11) is 0. The molecule has 0 aliphatic carbocycles. The molecule has 0 aromatic carbocycles. The van der Waals surface area contributed by atoms with Gasteiger partial charge in [0.1, 0.15) is 16.6 Å².